The molecule has 2 aliphatic heterocycles. The van der Waals surface area contributed by atoms with E-state index in [0.29, 0.717) is 5.71 Å². The Labute approximate surface area is 107 Å². The molecule has 4 nitrogen and oxygen atoms in total. The number of hydrogen-bond donors (Lipinski definition) is 1. The van der Waals surface area contributed by atoms with Crippen molar-refractivity contribution in [2.45, 2.75) is 18.5 Å². The zero-order chi connectivity index (χ0) is 12.6. The van der Waals surface area contributed by atoms with E-state index in [1.807, 2.05) is 30.3 Å². The number of aliphatic imine (C=N–C) groups is 1. The molecule has 1 aromatic rings. The normalized spacial score (nSPS) is 22.9. The van der Waals surface area contributed by atoms with Crippen LogP contribution in [0.2, 0.25) is 0 Å². The maximum absolute atomic E-state index is 12.1. The number of nitrogens with zero attached hydrogens (tertiary/aromatic N) is 2. The molecule has 0 radical (unpaired) electrons. The summed E-state index contributed by atoms with van der Waals surface area (Å²) in [6, 6.07) is 9.69. The molecule has 4 heteroatoms. The van der Waals surface area contributed by atoms with Gasteiger partial charge in [-0.3, -0.25) is 9.79 Å². The molecule has 0 aliphatic carbocycles. The van der Waals surface area contributed by atoms with Gasteiger partial charge in [-0.1, -0.05) is 30.3 Å². The van der Waals surface area contributed by atoms with Gasteiger partial charge in [-0.2, -0.15) is 0 Å². The van der Waals surface area contributed by atoms with Crippen molar-refractivity contribution >= 4 is 11.6 Å². The van der Waals surface area contributed by atoms with Gasteiger partial charge in [-0.15, -0.1) is 0 Å². The number of nitrogens with one attached hydrogen (secondary N) is 1. The van der Waals surface area contributed by atoms with Gasteiger partial charge in [-0.25, -0.2) is 0 Å². The van der Waals surface area contributed by atoms with Crippen LogP contribution in [0.25, 0.3) is 0 Å². The summed E-state index contributed by atoms with van der Waals surface area (Å²) in [4.78, 5) is 19.0. The molecule has 2 aliphatic rings. The number of hydrogen-bond acceptors (Lipinski definition) is 3. The third-order valence-electron chi connectivity index (χ3n) is 3.75. The van der Waals surface area contributed by atoms with E-state index in [2.05, 4.69) is 17.3 Å². The summed E-state index contributed by atoms with van der Waals surface area (Å²) < 4.78 is 0. The Morgan fingerprint density at radius 1 is 1.22 bits per heavy atom. The zero-order valence-electron chi connectivity index (χ0n) is 10.5. The van der Waals surface area contributed by atoms with Crippen LogP contribution in [0.5, 0.6) is 0 Å². The molecule has 0 bridgehead atoms. The molecule has 1 saturated heterocycles. The summed E-state index contributed by atoms with van der Waals surface area (Å²) in [7, 11) is 2.10. The molecule has 1 fully saturated rings. The highest BCUT2D eigenvalue weighted by Gasteiger charge is 2.41. The number of likely N-dealkylation sites (tertiary alicyclic amines) is 1. The van der Waals surface area contributed by atoms with E-state index in [1.165, 1.54) is 0 Å². The van der Waals surface area contributed by atoms with Crippen LogP contribution in [0.3, 0.4) is 0 Å². The van der Waals surface area contributed by atoms with Gasteiger partial charge in [0.15, 0.2) is 0 Å². The molecular formula is C14H17N3O. The number of amides is 1. The molecule has 2 heterocycles. The van der Waals surface area contributed by atoms with Crippen LogP contribution in [-0.2, 0) is 4.79 Å². The molecule has 0 aromatic heterocycles. The predicted molar refractivity (Wildman–Crippen MR) is 70.6 cm³/mol. The Kier molecular flexibility index (Phi) is 2.67. The first-order chi connectivity index (χ1) is 8.69. The topological polar surface area (TPSA) is 44.7 Å². The number of carbonyl (C=O) groups excluding carboxylic acids is 1. The van der Waals surface area contributed by atoms with Crippen LogP contribution < -0.4 is 5.32 Å². The van der Waals surface area contributed by atoms with Crippen LogP contribution >= 0.6 is 0 Å². The van der Waals surface area contributed by atoms with E-state index in [-0.39, 0.29) is 11.6 Å². The highest BCUT2D eigenvalue weighted by atomic mass is 16.2. The second kappa shape index (κ2) is 4.21. The van der Waals surface area contributed by atoms with Crippen molar-refractivity contribution in [3.63, 3.8) is 0 Å². The summed E-state index contributed by atoms with van der Waals surface area (Å²) in [5.41, 5.74) is 1.14. The first-order valence-corrected chi connectivity index (χ1v) is 6.35. The van der Waals surface area contributed by atoms with Crippen LogP contribution in [0.1, 0.15) is 18.4 Å². The smallest absolute Gasteiger partial charge is 0.272 e. The lowest BCUT2D eigenvalue weighted by molar-refractivity contribution is -0.115. The Hall–Kier alpha value is -1.68. The van der Waals surface area contributed by atoms with Crippen molar-refractivity contribution in [3.8, 4) is 0 Å². The van der Waals surface area contributed by atoms with E-state index in [0.717, 1.165) is 31.5 Å². The van der Waals surface area contributed by atoms with Gasteiger partial charge < -0.3 is 10.2 Å². The summed E-state index contributed by atoms with van der Waals surface area (Å²) in [6.45, 7) is 1.96. The maximum atomic E-state index is 12.1. The van der Waals surface area contributed by atoms with Crippen LogP contribution in [-0.4, -0.2) is 42.3 Å². The van der Waals surface area contributed by atoms with Gasteiger partial charge in [0.1, 0.15) is 11.4 Å². The predicted octanol–water partition coefficient (Wildman–Crippen LogP) is 1.03. The van der Waals surface area contributed by atoms with Crippen molar-refractivity contribution in [1.82, 2.24) is 10.2 Å². The van der Waals surface area contributed by atoms with Crippen molar-refractivity contribution in [2.75, 3.05) is 20.1 Å². The minimum absolute atomic E-state index is 0.0363. The largest absolute Gasteiger partial charge is 0.326 e. The molecule has 0 atom stereocenters. The average molecular weight is 243 g/mol. The molecule has 0 unspecified atom stereocenters. The number of carbonyl (C=O) groups is 1. The minimum Gasteiger partial charge on any atom is -0.326 e. The second-order valence-corrected chi connectivity index (χ2v) is 5.12. The highest BCUT2D eigenvalue weighted by molar-refractivity contribution is 6.46. The van der Waals surface area contributed by atoms with Gasteiger partial charge in [0, 0.05) is 31.5 Å². The number of piperidine rings is 1. The van der Waals surface area contributed by atoms with Gasteiger partial charge >= 0.3 is 0 Å². The van der Waals surface area contributed by atoms with Gasteiger partial charge in [0.05, 0.1) is 0 Å². The van der Waals surface area contributed by atoms with E-state index in [9.17, 15) is 4.79 Å². The SMILES string of the molecule is CN1CCC2(CC1)N=C(c1ccccc1)C(=O)N2. The van der Waals surface area contributed by atoms with Gasteiger partial charge in [0.25, 0.3) is 5.91 Å². The summed E-state index contributed by atoms with van der Waals surface area (Å²) in [5, 5.41) is 3.07. The Morgan fingerprint density at radius 3 is 2.56 bits per heavy atom. The summed E-state index contributed by atoms with van der Waals surface area (Å²) in [6.07, 6.45) is 1.79. The molecule has 18 heavy (non-hydrogen) atoms. The van der Waals surface area contributed by atoms with Crippen molar-refractivity contribution in [2.24, 2.45) is 4.99 Å². The number of benzene rings is 1. The fourth-order valence-corrected chi connectivity index (χ4v) is 2.58. The summed E-state index contributed by atoms with van der Waals surface area (Å²) >= 11 is 0. The van der Waals surface area contributed by atoms with E-state index >= 15 is 0 Å². The van der Waals surface area contributed by atoms with E-state index < -0.39 is 0 Å². The molecular weight excluding hydrogens is 226 g/mol. The van der Waals surface area contributed by atoms with Gasteiger partial charge in [-0.05, 0) is 7.05 Å². The van der Waals surface area contributed by atoms with Gasteiger partial charge in [0.2, 0.25) is 0 Å². The van der Waals surface area contributed by atoms with Crippen LogP contribution in [0.4, 0.5) is 0 Å². The second-order valence-electron chi connectivity index (χ2n) is 5.12. The molecule has 1 spiro atoms. The molecule has 1 amide bonds. The molecule has 0 saturated carbocycles. The quantitative estimate of drug-likeness (QED) is 0.800. The molecule has 3 rings (SSSR count). The van der Waals surface area contributed by atoms with Crippen LogP contribution in [0.15, 0.2) is 35.3 Å². The lowest BCUT2D eigenvalue weighted by Gasteiger charge is -2.35. The minimum atomic E-state index is -0.352. The molecule has 1 aromatic carbocycles. The Morgan fingerprint density at radius 2 is 1.89 bits per heavy atom. The number of rotatable bonds is 1. The van der Waals surface area contributed by atoms with Crippen molar-refractivity contribution in [3.05, 3.63) is 35.9 Å². The monoisotopic (exact) mass is 243 g/mol. The lowest BCUT2D eigenvalue weighted by Crippen LogP contribution is -2.50. The van der Waals surface area contributed by atoms with E-state index in [1.54, 1.807) is 0 Å². The summed E-state index contributed by atoms with van der Waals surface area (Å²) in [5.74, 6) is -0.0363. The standard InChI is InChI=1S/C14H17N3O/c1-17-9-7-14(8-10-17)15-12(13(18)16-14)11-5-3-2-4-6-11/h2-6H,7-10H2,1H3,(H,16,18). The Balaban J connectivity index is 1.90. The molecule has 94 valence electrons. The lowest BCUT2D eigenvalue weighted by atomic mass is 9.99. The Bertz CT molecular complexity index is 487. The van der Waals surface area contributed by atoms with Crippen molar-refractivity contribution in [1.29, 1.82) is 0 Å². The van der Waals surface area contributed by atoms with Crippen LogP contribution in [0, 0.1) is 0 Å². The van der Waals surface area contributed by atoms with E-state index in [4.69, 9.17) is 4.99 Å². The first-order valence-electron chi connectivity index (χ1n) is 6.35. The highest BCUT2D eigenvalue weighted by Crippen LogP contribution is 2.28. The third-order valence-corrected chi connectivity index (χ3v) is 3.75. The fourth-order valence-electron chi connectivity index (χ4n) is 2.58. The maximum Gasteiger partial charge on any atom is 0.272 e. The van der Waals surface area contributed by atoms with Crippen molar-refractivity contribution < 1.29 is 4.79 Å². The third kappa shape index (κ3) is 1.93. The first kappa shape index (κ1) is 11.4. The fraction of sp³-hybridized carbons (Fsp3) is 0.429. The average Bonchev–Trinajstić information content (AvgIpc) is 2.72. The molecule has 1 N–H and O–H groups in total. The zero-order valence-corrected chi connectivity index (χ0v) is 10.5.